The van der Waals surface area contributed by atoms with E-state index in [0.717, 1.165) is 5.56 Å². The van der Waals surface area contributed by atoms with Crippen molar-refractivity contribution in [2.45, 2.75) is 26.6 Å². The van der Waals surface area contributed by atoms with Gasteiger partial charge in [-0.3, -0.25) is 4.79 Å². The molecule has 1 aromatic rings. The van der Waals surface area contributed by atoms with Gasteiger partial charge in [-0.15, -0.1) is 0 Å². The van der Waals surface area contributed by atoms with Gasteiger partial charge < -0.3 is 14.6 Å². The van der Waals surface area contributed by atoms with E-state index in [-0.39, 0.29) is 6.61 Å². The Morgan fingerprint density at radius 2 is 1.94 bits per heavy atom. The summed E-state index contributed by atoms with van der Waals surface area (Å²) in [5, 5.41) is 9.93. The third-order valence-corrected chi connectivity index (χ3v) is 2.93. The normalized spacial score (nSPS) is 13.1. The van der Waals surface area contributed by atoms with Gasteiger partial charge in [0.15, 0.2) is 0 Å². The Bertz CT molecular complexity index is 373. The number of rotatable bonds is 6. The minimum Gasteiger partial charge on any atom is -0.469 e. The van der Waals surface area contributed by atoms with E-state index < -0.39 is 17.5 Å². The smallest absolute Gasteiger partial charge is 0.313 e. The Labute approximate surface area is 108 Å². The first-order valence-corrected chi connectivity index (χ1v) is 5.86. The molecular weight excluding hydrogens is 232 g/mol. The molecule has 0 unspecified atom stereocenters. The van der Waals surface area contributed by atoms with Crippen molar-refractivity contribution in [3.8, 4) is 0 Å². The summed E-state index contributed by atoms with van der Waals surface area (Å²) >= 11 is 0. The van der Waals surface area contributed by atoms with Crippen LogP contribution in [0.25, 0.3) is 0 Å². The van der Waals surface area contributed by atoms with Gasteiger partial charge in [0.2, 0.25) is 0 Å². The molecule has 0 spiro atoms. The number of hydrogen-bond donors (Lipinski definition) is 1. The van der Waals surface area contributed by atoms with Gasteiger partial charge in [-0.25, -0.2) is 0 Å². The van der Waals surface area contributed by atoms with Crippen molar-refractivity contribution in [1.29, 1.82) is 0 Å². The molecule has 1 atom stereocenters. The molecule has 4 heteroatoms. The molecule has 1 rings (SSSR count). The average molecular weight is 252 g/mol. The van der Waals surface area contributed by atoms with E-state index in [0.29, 0.717) is 6.61 Å². The lowest BCUT2D eigenvalue weighted by atomic mass is 9.87. The number of aliphatic hydroxyl groups is 1. The summed E-state index contributed by atoms with van der Waals surface area (Å²) < 4.78 is 10.1. The van der Waals surface area contributed by atoms with Crippen molar-refractivity contribution < 1.29 is 19.4 Å². The van der Waals surface area contributed by atoms with Crippen molar-refractivity contribution in [1.82, 2.24) is 0 Å². The van der Waals surface area contributed by atoms with E-state index in [9.17, 15) is 9.90 Å². The molecule has 1 aromatic carbocycles. The number of esters is 1. The highest BCUT2D eigenvalue weighted by Crippen LogP contribution is 2.22. The highest BCUT2D eigenvalue weighted by Gasteiger charge is 2.36. The van der Waals surface area contributed by atoms with Crippen LogP contribution >= 0.6 is 0 Å². The zero-order valence-corrected chi connectivity index (χ0v) is 11.1. The highest BCUT2D eigenvalue weighted by molar-refractivity contribution is 5.76. The molecule has 18 heavy (non-hydrogen) atoms. The van der Waals surface area contributed by atoms with Crippen LogP contribution < -0.4 is 0 Å². The van der Waals surface area contributed by atoms with E-state index >= 15 is 0 Å². The Kier molecular flexibility index (Phi) is 5.31. The van der Waals surface area contributed by atoms with Gasteiger partial charge in [-0.2, -0.15) is 0 Å². The van der Waals surface area contributed by atoms with Crippen LogP contribution in [0.3, 0.4) is 0 Å². The molecule has 0 aliphatic rings. The highest BCUT2D eigenvalue weighted by atomic mass is 16.5. The van der Waals surface area contributed by atoms with E-state index in [4.69, 9.17) is 4.74 Å². The third-order valence-electron chi connectivity index (χ3n) is 2.93. The van der Waals surface area contributed by atoms with Crippen LogP contribution in [0, 0.1) is 5.41 Å². The van der Waals surface area contributed by atoms with Crippen molar-refractivity contribution in [2.75, 3.05) is 13.7 Å². The Balaban J connectivity index is 2.42. The molecule has 0 aliphatic heterocycles. The summed E-state index contributed by atoms with van der Waals surface area (Å²) in [4.78, 5) is 11.5. The number of hydrogen-bond acceptors (Lipinski definition) is 4. The molecule has 0 amide bonds. The average Bonchev–Trinajstić information content (AvgIpc) is 2.38. The first-order chi connectivity index (χ1) is 8.48. The molecule has 4 nitrogen and oxygen atoms in total. The number of carbonyl (C=O) groups is 1. The fourth-order valence-corrected chi connectivity index (χ4v) is 1.47. The topological polar surface area (TPSA) is 55.8 Å². The third kappa shape index (κ3) is 3.82. The second kappa shape index (κ2) is 6.52. The second-order valence-electron chi connectivity index (χ2n) is 4.73. The van der Waals surface area contributed by atoms with Gasteiger partial charge in [0, 0.05) is 0 Å². The summed E-state index contributed by atoms with van der Waals surface area (Å²) in [5.74, 6) is -0.446. The monoisotopic (exact) mass is 252 g/mol. The largest absolute Gasteiger partial charge is 0.469 e. The minimum atomic E-state index is -0.967. The van der Waals surface area contributed by atoms with Crippen molar-refractivity contribution >= 4 is 5.97 Å². The molecule has 0 fully saturated rings. The molecule has 0 saturated heterocycles. The Morgan fingerprint density at radius 1 is 1.33 bits per heavy atom. The van der Waals surface area contributed by atoms with E-state index in [2.05, 4.69) is 4.74 Å². The van der Waals surface area contributed by atoms with Crippen LogP contribution in [0.15, 0.2) is 30.3 Å². The van der Waals surface area contributed by atoms with Crippen molar-refractivity contribution in [3.63, 3.8) is 0 Å². The molecule has 1 N–H and O–H groups in total. The standard InChI is InChI=1S/C14H20O4/c1-14(2,13(16)17-3)12(15)10-18-9-11-7-5-4-6-8-11/h4-8,12,15H,9-10H2,1-3H3/t12-/m1/s1. The van der Waals surface area contributed by atoms with Crippen LogP contribution in [-0.2, 0) is 20.9 Å². The molecule has 0 saturated carbocycles. The number of carbonyl (C=O) groups excluding carboxylic acids is 1. The zero-order valence-electron chi connectivity index (χ0n) is 11.1. The zero-order chi connectivity index (χ0) is 13.6. The summed E-state index contributed by atoms with van der Waals surface area (Å²) in [7, 11) is 1.31. The number of methoxy groups -OCH3 is 1. The van der Waals surface area contributed by atoms with Gasteiger partial charge in [0.25, 0.3) is 0 Å². The van der Waals surface area contributed by atoms with Crippen molar-refractivity contribution in [3.05, 3.63) is 35.9 Å². The second-order valence-corrected chi connectivity index (χ2v) is 4.73. The van der Waals surface area contributed by atoms with Crippen LogP contribution in [0.1, 0.15) is 19.4 Å². The SMILES string of the molecule is COC(=O)C(C)(C)[C@H](O)COCc1ccccc1. The summed E-state index contributed by atoms with van der Waals surface area (Å²) in [6.07, 6.45) is -0.895. The van der Waals surface area contributed by atoms with Gasteiger partial charge in [0.1, 0.15) is 0 Å². The van der Waals surface area contributed by atoms with E-state index in [1.807, 2.05) is 30.3 Å². The minimum absolute atomic E-state index is 0.0942. The van der Waals surface area contributed by atoms with Gasteiger partial charge >= 0.3 is 5.97 Å². The Morgan fingerprint density at radius 3 is 2.50 bits per heavy atom. The lowest BCUT2D eigenvalue weighted by Gasteiger charge is -2.27. The molecular formula is C14H20O4. The van der Waals surface area contributed by atoms with Gasteiger partial charge in [0.05, 0.1) is 31.8 Å². The molecule has 0 aromatic heterocycles. The molecule has 0 heterocycles. The first-order valence-electron chi connectivity index (χ1n) is 5.86. The summed E-state index contributed by atoms with van der Waals surface area (Å²) in [6, 6.07) is 9.66. The molecule has 0 radical (unpaired) electrons. The first kappa shape index (κ1) is 14.7. The maximum atomic E-state index is 11.5. The predicted octanol–water partition coefficient (Wildman–Crippen LogP) is 1.76. The lowest BCUT2D eigenvalue weighted by molar-refractivity contribution is -0.160. The predicted molar refractivity (Wildman–Crippen MR) is 67.9 cm³/mol. The van der Waals surface area contributed by atoms with Crippen LogP contribution in [0.2, 0.25) is 0 Å². The van der Waals surface area contributed by atoms with Crippen LogP contribution in [0.5, 0.6) is 0 Å². The van der Waals surface area contributed by atoms with E-state index in [1.54, 1.807) is 13.8 Å². The molecule has 0 bridgehead atoms. The van der Waals surface area contributed by atoms with Crippen LogP contribution in [0.4, 0.5) is 0 Å². The van der Waals surface area contributed by atoms with Gasteiger partial charge in [-0.05, 0) is 19.4 Å². The van der Waals surface area contributed by atoms with Gasteiger partial charge in [-0.1, -0.05) is 30.3 Å². The summed E-state index contributed by atoms with van der Waals surface area (Å²) in [5.41, 5.74) is 0.0615. The number of aliphatic hydroxyl groups excluding tert-OH is 1. The molecule has 100 valence electrons. The van der Waals surface area contributed by atoms with E-state index in [1.165, 1.54) is 7.11 Å². The summed E-state index contributed by atoms with van der Waals surface area (Å²) in [6.45, 7) is 3.77. The number of benzene rings is 1. The van der Waals surface area contributed by atoms with Crippen LogP contribution in [-0.4, -0.2) is 30.9 Å². The number of ether oxygens (including phenoxy) is 2. The fraction of sp³-hybridized carbons (Fsp3) is 0.500. The maximum absolute atomic E-state index is 11.5. The van der Waals surface area contributed by atoms with Crippen molar-refractivity contribution in [2.24, 2.45) is 5.41 Å². The quantitative estimate of drug-likeness (QED) is 0.784. The maximum Gasteiger partial charge on any atom is 0.313 e. The lowest BCUT2D eigenvalue weighted by Crippen LogP contribution is -2.40. The fourth-order valence-electron chi connectivity index (χ4n) is 1.47. The Hall–Kier alpha value is -1.39. The molecule has 0 aliphatic carbocycles.